The predicted octanol–water partition coefficient (Wildman–Crippen LogP) is 2.35. The fraction of sp³-hybridized carbons (Fsp3) is 0.333. The Morgan fingerprint density at radius 2 is 2.29 bits per heavy atom. The van der Waals surface area contributed by atoms with Crippen molar-refractivity contribution in [3.8, 4) is 6.07 Å². The van der Waals surface area contributed by atoms with Gasteiger partial charge in [0.2, 0.25) is 0 Å². The van der Waals surface area contributed by atoms with Crippen LogP contribution >= 0.6 is 12.6 Å². The van der Waals surface area contributed by atoms with Gasteiger partial charge in [0.05, 0.1) is 12.0 Å². The van der Waals surface area contributed by atoms with Gasteiger partial charge in [0.15, 0.2) is 0 Å². The molecule has 0 spiro atoms. The van der Waals surface area contributed by atoms with Crippen molar-refractivity contribution in [3.63, 3.8) is 0 Å². The van der Waals surface area contributed by atoms with Crippen LogP contribution < -0.4 is 0 Å². The van der Waals surface area contributed by atoms with E-state index in [1.165, 1.54) is 23.1 Å². The Morgan fingerprint density at radius 1 is 1.65 bits per heavy atom. The first-order valence-electron chi connectivity index (χ1n) is 5.09. The number of amides is 1. The summed E-state index contributed by atoms with van der Waals surface area (Å²) >= 11 is 3.92. The summed E-state index contributed by atoms with van der Waals surface area (Å²) in [6, 6.07) is 6.05. The van der Waals surface area contributed by atoms with Crippen LogP contribution in [0, 0.1) is 23.1 Å². The lowest BCUT2D eigenvalue weighted by atomic mass is 10.1. The molecule has 1 rings (SSSR count). The Bertz CT molecular complexity index is 470. The summed E-state index contributed by atoms with van der Waals surface area (Å²) in [7, 11) is 1.61. The number of nitrogens with zero attached hydrogens (tertiary/aromatic N) is 2. The molecule has 0 saturated heterocycles. The van der Waals surface area contributed by atoms with Crippen molar-refractivity contribution in [2.45, 2.75) is 11.8 Å². The number of carbonyl (C=O) groups is 1. The molecule has 0 aliphatic rings. The maximum atomic E-state index is 13.0. The average molecular weight is 252 g/mol. The summed E-state index contributed by atoms with van der Waals surface area (Å²) in [4.78, 5) is 13.5. The van der Waals surface area contributed by atoms with Crippen molar-refractivity contribution in [1.82, 2.24) is 4.90 Å². The van der Waals surface area contributed by atoms with Gasteiger partial charge >= 0.3 is 0 Å². The lowest BCUT2D eigenvalue weighted by Gasteiger charge is -2.18. The SMILES string of the molecule is CC(C#N)CN(C)C(=O)c1ccc(F)c(S)c1. The highest BCUT2D eigenvalue weighted by molar-refractivity contribution is 7.80. The van der Waals surface area contributed by atoms with E-state index in [4.69, 9.17) is 5.26 Å². The minimum atomic E-state index is -0.460. The molecule has 0 aliphatic heterocycles. The first-order valence-corrected chi connectivity index (χ1v) is 5.54. The van der Waals surface area contributed by atoms with Crippen LogP contribution in [-0.4, -0.2) is 24.4 Å². The minimum Gasteiger partial charge on any atom is -0.340 e. The van der Waals surface area contributed by atoms with Gasteiger partial charge in [-0.05, 0) is 25.1 Å². The van der Waals surface area contributed by atoms with Gasteiger partial charge in [-0.3, -0.25) is 4.79 Å². The molecule has 5 heteroatoms. The number of benzene rings is 1. The molecule has 0 aromatic heterocycles. The molecule has 0 radical (unpaired) electrons. The van der Waals surface area contributed by atoms with E-state index < -0.39 is 5.82 Å². The summed E-state index contributed by atoms with van der Waals surface area (Å²) < 4.78 is 13.0. The standard InChI is InChI=1S/C12H13FN2OS/c1-8(6-14)7-15(2)12(16)9-3-4-10(13)11(17)5-9/h3-5,8,17H,7H2,1-2H3. The first kappa shape index (κ1) is 13.5. The van der Waals surface area contributed by atoms with Crippen LogP contribution in [0.3, 0.4) is 0 Å². The van der Waals surface area contributed by atoms with Crippen molar-refractivity contribution in [2.75, 3.05) is 13.6 Å². The molecule has 90 valence electrons. The maximum absolute atomic E-state index is 13.0. The van der Waals surface area contributed by atoms with Crippen molar-refractivity contribution < 1.29 is 9.18 Å². The molecule has 1 aromatic rings. The van der Waals surface area contributed by atoms with Crippen LogP contribution in [0.5, 0.6) is 0 Å². The molecule has 0 N–H and O–H groups in total. The molecule has 0 bridgehead atoms. The van der Waals surface area contributed by atoms with Crippen LogP contribution in [0.15, 0.2) is 23.1 Å². The van der Waals surface area contributed by atoms with Crippen molar-refractivity contribution in [1.29, 1.82) is 5.26 Å². The number of hydrogen-bond acceptors (Lipinski definition) is 3. The van der Waals surface area contributed by atoms with E-state index in [-0.39, 0.29) is 16.7 Å². The highest BCUT2D eigenvalue weighted by Gasteiger charge is 2.15. The molecule has 0 fully saturated rings. The molecule has 1 atom stereocenters. The van der Waals surface area contributed by atoms with Crippen LogP contribution in [0.2, 0.25) is 0 Å². The fourth-order valence-electron chi connectivity index (χ4n) is 1.40. The van der Waals surface area contributed by atoms with E-state index in [0.29, 0.717) is 12.1 Å². The topological polar surface area (TPSA) is 44.1 Å². The van der Waals surface area contributed by atoms with Gasteiger partial charge in [-0.2, -0.15) is 5.26 Å². The second-order valence-corrected chi connectivity index (χ2v) is 4.36. The molecule has 0 aliphatic carbocycles. The third kappa shape index (κ3) is 3.46. The third-order valence-corrected chi connectivity index (χ3v) is 2.65. The maximum Gasteiger partial charge on any atom is 0.253 e. The highest BCUT2D eigenvalue weighted by atomic mass is 32.1. The van der Waals surface area contributed by atoms with Gasteiger partial charge in [-0.15, -0.1) is 12.6 Å². The lowest BCUT2D eigenvalue weighted by molar-refractivity contribution is 0.0785. The van der Waals surface area contributed by atoms with Crippen LogP contribution in [-0.2, 0) is 0 Å². The number of hydrogen-bond donors (Lipinski definition) is 1. The fourth-order valence-corrected chi connectivity index (χ4v) is 1.61. The molecule has 0 saturated carbocycles. The second-order valence-electron chi connectivity index (χ2n) is 3.88. The van der Waals surface area contributed by atoms with Crippen LogP contribution in [0.4, 0.5) is 4.39 Å². The van der Waals surface area contributed by atoms with Crippen LogP contribution in [0.25, 0.3) is 0 Å². The summed E-state index contributed by atoms with van der Waals surface area (Å²) in [6.45, 7) is 2.08. The van der Waals surface area contributed by atoms with E-state index in [1.54, 1.807) is 14.0 Å². The monoisotopic (exact) mass is 252 g/mol. The third-order valence-electron chi connectivity index (χ3n) is 2.31. The molecule has 1 unspecified atom stereocenters. The van der Waals surface area contributed by atoms with Crippen molar-refractivity contribution in [2.24, 2.45) is 5.92 Å². The van der Waals surface area contributed by atoms with E-state index in [0.717, 1.165) is 0 Å². The summed E-state index contributed by atoms with van der Waals surface area (Å²) in [5.41, 5.74) is 0.365. The van der Waals surface area contributed by atoms with E-state index in [1.807, 2.05) is 0 Å². The zero-order chi connectivity index (χ0) is 13.0. The van der Waals surface area contributed by atoms with Gasteiger partial charge in [-0.25, -0.2) is 4.39 Å². The second kappa shape index (κ2) is 5.69. The van der Waals surface area contributed by atoms with Crippen molar-refractivity contribution >= 4 is 18.5 Å². The number of halogens is 1. The Kier molecular flexibility index (Phi) is 4.53. The van der Waals surface area contributed by atoms with Gasteiger partial charge < -0.3 is 4.90 Å². The Labute approximate surface area is 105 Å². The average Bonchev–Trinajstić information content (AvgIpc) is 2.31. The predicted molar refractivity (Wildman–Crippen MR) is 65.4 cm³/mol. The summed E-state index contributed by atoms with van der Waals surface area (Å²) in [5, 5.41) is 8.67. The molecule has 17 heavy (non-hydrogen) atoms. The smallest absolute Gasteiger partial charge is 0.253 e. The minimum absolute atomic E-state index is 0.137. The zero-order valence-corrected chi connectivity index (χ0v) is 10.5. The van der Waals surface area contributed by atoms with Crippen LogP contribution in [0.1, 0.15) is 17.3 Å². The molecular weight excluding hydrogens is 239 g/mol. The quantitative estimate of drug-likeness (QED) is 0.839. The number of nitriles is 1. The van der Waals surface area contributed by atoms with Gasteiger partial charge in [0, 0.05) is 24.1 Å². The molecular formula is C12H13FN2OS. The molecule has 3 nitrogen and oxygen atoms in total. The Morgan fingerprint density at radius 3 is 2.82 bits per heavy atom. The van der Waals surface area contributed by atoms with E-state index >= 15 is 0 Å². The zero-order valence-electron chi connectivity index (χ0n) is 9.64. The molecule has 1 amide bonds. The number of thiol groups is 1. The number of carbonyl (C=O) groups excluding carboxylic acids is 1. The van der Waals surface area contributed by atoms with Gasteiger partial charge in [0.1, 0.15) is 5.82 Å². The Balaban J connectivity index is 2.82. The highest BCUT2D eigenvalue weighted by Crippen LogP contribution is 2.15. The summed E-state index contributed by atoms with van der Waals surface area (Å²) in [5.74, 6) is -0.944. The van der Waals surface area contributed by atoms with Gasteiger partial charge in [-0.1, -0.05) is 0 Å². The van der Waals surface area contributed by atoms with Crippen molar-refractivity contribution in [3.05, 3.63) is 29.6 Å². The van der Waals surface area contributed by atoms with E-state index in [9.17, 15) is 9.18 Å². The summed E-state index contributed by atoms with van der Waals surface area (Å²) in [6.07, 6.45) is 0. The largest absolute Gasteiger partial charge is 0.340 e. The van der Waals surface area contributed by atoms with Gasteiger partial charge in [0.25, 0.3) is 5.91 Å². The lowest BCUT2D eigenvalue weighted by Crippen LogP contribution is -2.30. The Hall–Kier alpha value is -1.54. The molecule has 1 aromatic carbocycles. The van der Waals surface area contributed by atoms with E-state index in [2.05, 4.69) is 18.7 Å². The number of rotatable bonds is 3. The first-order chi connectivity index (χ1) is 7.95. The molecule has 0 heterocycles. The normalized spacial score (nSPS) is 11.7.